The molecule has 0 radical (unpaired) electrons. The van der Waals surface area contributed by atoms with Gasteiger partial charge >= 0.3 is 6.03 Å². The highest BCUT2D eigenvalue weighted by Crippen LogP contribution is 2.25. The molecule has 1 aliphatic rings. The lowest BCUT2D eigenvalue weighted by atomic mass is 10.0. The van der Waals surface area contributed by atoms with Crippen molar-refractivity contribution in [1.29, 1.82) is 0 Å². The molecule has 0 bridgehead atoms. The van der Waals surface area contributed by atoms with Gasteiger partial charge in [0.25, 0.3) is 0 Å². The van der Waals surface area contributed by atoms with E-state index in [0.29, 0.717) is 12.2 Å². The van der Waals surface area contributed by atoms with Crippen molar-refractivity contribution >= 4 is 11.7 Å². The summed E-state index contributed by atoms with van der Waals surface area (Å²) in [6.45, 7) is 2.67. The van der Waals surface area contributed by atoms with Gasteiger partial charge in [0.1, 0.15) is 5.75 Å². The van der Waals surface area contributed by atoms with Gasteiger partial charge in [-0.25, -0.2) is 4.79 Å². The Hall–Kier alpha value is -2.60. The number of urea groups is 1. The van der Waals surface area contributed by atoms with Crippen LogP contribution in [0.5, 0.6) is 5.75 Å². The molecule has 2 amide bonds. The molecule has 1 aromatic heterocycles. The van der Waals surface area contributed by atoms with E-state index in [4.69, 9.17) is 4.74 Å². The number of carbonyl (C=O) groups is 1. The van der Waals surface area contributed by atoms with E-state index in [0.717, 1.165) is 18.8 Å². The van der Waals surface area contributed by atoms with Crippen LogP contribution in [-0.4, -0.2) is 42.7 Å². The smallest absolute Gasteiger partial charge is 0.319 e. The van der Waals surface area contributed by atoms with Crippen molar-refractivity contribution in [1.82, 2.24) is 15.2 Å². The van der Waals surface area contributed by atoms with E-state index in [-0.39, 0.29) is 12.1 Å². The van der Waals surface area contributed by atoms with Crippen LogP contribution >= 0.6 is 0 Å². The van der Waals surface area contributed by atoms with E-state index in [1.54, 1.807) is 25.6 Å². The van der Waals surface area contributed by atoms with Crippen LogP contribution in [0.25, 0.3) is 0 Å². The fraction of sp³-hybridized carbons (Fsp3) is 0.400. The number of pyridine rings is 1. The van der Waals surface area contributed by atoms with Crippen LogP contribution in [0, 0.1) is 0 Å². The van der Waals surface area contributed by atoms with E-state index in [1.165, 1.54) is 24.8 Å². The summed E-state index contributed by atoms with van der Waals surface area (Å²) in [5.74, 6) is 0.841. The summed E-state index contributed by atoms with van der Waals surface area (Å²) in [5.41, 5.74) is 1.87. The average molecular weight is 354 g/mol. The highest BCUT2D eigenvalue weighted by atomic mass is 16.5. The van der Waals surface area contributed by atoms with E-state index in [2.05, 4.69) is 32.7 Å². The molecule has 1 atom stereocenters. The molecule has 0 saturated carbocycles. The minimum atomic E-state index is -0.214. The first-order chi connectivity index (χ1) is 12.8. The molecule has 0 unspecified atom stereocenters. The Kier molecular flexibility index (Phi) is 6.44. The first kappa shape index (κ1) is 18.2. The minimum Gasteiger partial charge on any atom is -0.497 e. The molecule has 0 spiro atoms. The van der Waals surface area contributed by atoms with Gasteiger partial charge in [-0.2, -0.15) is 0 Å². The number of piperidine rings is 1. The number of nitrogens with zero attached hydrogens (tertiary/aromatic N) is 2. The average Bonchev–Trinajstić information content (AvgIpc) is 2.70. The number of benzene rings is 1. The SMILES string of the molecule is COc1ccc([C@@H](CNC(=O)Nc2cccnc2)N2CCCCC2)cc1. The monoisotopic (exact) mass is 354 g/mol. The molecule has 2 aromatic rings. The highest BCUT2D eigenvalue weighted by Gasteiger charge is 2.23. The molecule has 26 heavy (non-hydrogen) atoms. The lowest BCUT2D eigenvalue weighted by Crippen LogP contribution is -2.41. The molecule has 1 aliphatic heterocycles. The Balaban J connectivity index is 1.65. The van der Waals surface area contributed by atoms with Gasteiger partial charge in [0.05, 0.1) is 25.0 Å². The summed E-state index contributed by atoms with van der Waals surface area (Å²) in [6, 6.07) is 11.7. The van der Waals surface area contributed by atoms with Crippen LogP contribution < -0.4 is 15.4 Å². The third-order valence-corrected chi connectivity index (χ3v) is 4.71. The molecule has 3 rings (SSSR count). The number of ether oxygens (including phenoxy) is 1. The molecule has 1 fully saturated rings. The van der Waals surface area contributed by atoms with Crippen molar-refractivity contribution in [3.8, 4) is 5.75 Å². The van der Waals surface area contributed by atoms with Gasteiger partial charge in [-0.3, -0.25) is 9.88 Å². The lowest BCUT2D eigenvalue weighted by Gasteiger charge is -2.35. The Bertz CT molecular complexity index is 685. The van der Waals surface area contributed by atoms with Crippen molar-refractivity contribution < 1.29 is 9.53 Å². The molecule has 1 saturated heterocycles. The summed E-state index contributed by atoms with van der Waals surface area (Å²) in [6.07, 6.45) is 6.99. The van der Waals surface area contributed by atoms with Gasteiger partial charge < -0.3 is 15.4 Å². The Morgan fingerprint density at radius 3 is 2.62 bits per heavy atom. The fourth-order valence-electron chi connectivity index (χ4n) is 3.32. The quantitative estimate of drug-likeness (QED) is 0.834. The minimum absolute atomic E-state index is 0.154. The number of methoxy groups -OCH3 is 1. The van der Waals surface area contributed by atoms with Crippen molar-refractivity contribution in [2.45, 2.75) is 25.3 Å². The van der Waals surface area contributed by atoms with Crippen LogP contribution in [0.1, 0.15) is 30.9 Å². The van der Waals surface area contributed by atoms with E-state index < -0.39 is 0 Å². The zero-order chi connectivity index (χ0) is 18.2. The molecule has 1 aromatic carbocycles. The summed E-state index contributed by atoms with van der Waals surface area (Å²) < 4.78 is 5.26. The summed E-state index contributed by atoms with van der Waals surface area (Å²) >= 11 is 0. The number of carbonyl (C=O) groups excluding carboxylic acids is 1. The normalized spacial score (nSPS) is 15.9. The van der Waals surface area contributed by atoms with Crippen molar-refractivity contribution in [3.63, 3.8) is 0 Å². The second kappa shape index (κ2) is 9.20. The topological polar surface area (TPSA) is 66.5 Å². The fourth-order valence-corrected chi connectivity index (χ4v) is 3.32. The van der Waals surface area contributed by atoms with Crippen molar-refractivity contribution in [2.24, 2.45) is 0 Å². The van der Waals surface area contributed by atoms with Gasteiger partial charge in [0, 0.05) is 12.7 Å². The van der Waals surface area contributed by atoms with Crippen LogP contribution in [0.4, 0.5) is 10.5 Å². The summed E-state index contributed by atoms with van der Waals surface area (Å²) in [7, 11) is 1.67. The van der Waals surface area contributed by atoms with Gasteiger partial charge in [-0.15, -0.1) is 0 Å². The molecule has 2 heterocycles. The van der Waals surface area contributed by atoms with E-state index >= 15 is 0 Å². The summed E-state index contributed by atoms with van der Waals surface area (Å²) in [4.78, 5) is 18.7. The summed E-state index contributed by atoms with van der Waals surface area (Å²) in [5, 5.41) is 5.82. The number of aromatic nitrogens is 1. The predicted molar refractivity (Wildman–Crippen MR) is 102 cm³/mol. The third kappa shape index (κ3) is 4.95. The van der Waals surface area contributed by atoms with Crippen LogP contribution in [-0.2, 0) is 0 Å². The van der Waals surface area contributed by atoms with Gasteiger partial charge in [-0.1, -0.05) is 18.6 Å². The second-order valence-electron chi connectivity index (χ2n) is 6.46. The Morgan fingerprint density at radius 2 is 1.96 bits per heavy atom. The molecule has 6 nitrogen and oxygen atoms in total. The number of hydrogen-bond acceptors (Lipinski definition) is 4. The van der Waals surface area contributed by atoms with Gasteiger partial charge in [0.15, 0.2) is 0 Å². The maximum absolute atomic E-state index is 12.2. The maximum atomic E-state index is 12.2. The molecular formula is C20H26N4O2. The van der Waals surface area contributed by atoms with E-state index in [1.807, 2.05) is 18.2 Å². The van der Waals surface area contributed by atoms with Crippen molar-refractivity contribution in [2.75, 3.05) is 32.1 Å². The number of hydrogen-bond donors (Lipinski definition) is 2. The van der Waals surface area contributed by atoms with Gasteiger partial charge in [-0.05, 0) is 55.8 Å². The Labute approximate surface area is 154 Å². The number of nitrogens with one attached hydrogen (secondary N) is 2. The second-order valence-corrected chi connectivity index (χ2v) is 6.46. The first-order valence-electron chi connectivity index (χ1n) is 9.09. The molecule has 2 N–H and O–H groups in total. The van der Waals surface area contributed by atoms with Crippen molar-refractivity contribution in [3.05, 3.63) is 54.4 Å². The number of likely N-dealkylation sites (tertiary alicyclic amines) is 1. The third-order valence-electron chi connectivity index (χ3n) is 4.71. The largest absolute Gasteiger partial charge is 0.497 e. The van der Waals surface area contributed by atoms with Crippen LogP contribution in [0.2, 0.25) is 0 Å². The number of anilines is 1. The van der Waals surface area contributed by atoms with Crippen LogP contribution in [0.3, 0.4) is 0 Å². The van der Waals surface area contributed by atoms with Crippen LogP contribution in [0.15, 0.2) is 48.8 Å². The molecule has 0 aliphatic carbocycles. The van der Waals surface area contributed by atoms with E-state index in [9.17, 15) is 4.79 Å². The number of amides is 2. The predicted octanol–water partition coefficient (Wildman–Crippen LogP) is 3.44. The standard InChI is InChI=1S/C20H26N4O2/c1-26-18-9-7-16(8-10-18)19(24-12-3-2-4-13-24)15-22-20(25)23-17-6-5-11-21-14-17/h5-11,14,19H,2-4,12-13,15H2,1H3,(H2,22,23,25)/t19-/m1/s1. The highest BCUT2D eigenvalue weighted by molar-refractivity contribution is 5.88. The molecule has 138 valence electrons. The van der Waals surface area contributed by atoms with Gasteiger partial charge in [0.2, 0.25) is 0 Å². The zero-order valence-electron chi connectivity index (χ0n) is 15.1. The molecular weight excluding hydrogens is 328 g/mol. The lowest BCUT2D eigenvalue weighted by molar-refractivity contribution is 0.161. The Morgan fingerprint density at radius 1 is 1.19 bits per heavy atom. The first-order valence-corrected chi connectivity index (χ1v) is 9.09. The zero-order valence-corrected chi connectivity index (χ0v) is 15.1. The molecule has 6 heteroatoms. The maximum Gasteiger partial charge on any atom is 0.319 e. The number of rotatable bonds is 6.